The van der Waals surface area contributed by atoms with Crippen LogP contribution in [0, 0.1) is 0 Å². The van der Waals surface area contributed by atoms with Crippen LogP contribution >= 0.6 is 11.6 Å². The molecule has 4 heteroatoms. The molecule has 1 heterocycles. The van der Waals surface area contributed by atoms with Crippen molar-refractivity contribution in [2.75, 3.05) is 27.4 Å². The van der Waals surface area contributed by atoms with Gasteiger partial charge in [0.15, 0.2) is 0 Å². The van der Waals surface area contributed by atoms with Crippen LogP contribution in [0.4, 0.5) is 0 Å². The van der Waals surface area contributed by atoms with Crippen molar-refractivity contribution in [2.24, 2.45) is 0 Å². The number of hydrogen-bond acceptors (Lipinski definition) is 3. The molecule has 1 aliphatic heterocycles. The molecule has 0 spiro atoms. The Kier molecular flexibility index (Phi) is 2.87. The van der Waals surface area contributed by atoms with E-state index in [4.69, 9.17) is 21.1 Å². The second-order valence-corrected chi connectivity index (χ2v) is 4.08. The van der Waals surface area contributed by atoms with Crippen molar-refractivity contribution in [3.63, 3.8) is 0 Å². The fourth-order valence-electron chi connectivity index (χ4n) is 1.75. The van der Waals surface area contributed by atoms with E-state index < -0.39 is 0 Å². The molecule has 3 nitrogen and oxygen atoms in total. The Balaban J connectivity index is 2.36. The minimum absolute atomic E-state index is 0.122. The molecular weight excluding hydrogens is 214 g/mol. The average Bonchev–Trinajstić information content (AvgIpc) is 2.19. The van der Waals surface area contributed by atoms with Gasteiger partial charge in [-0.1, -0.05) is 17.7 Å². The molecule has 1 aromatic rings. The molecule has 0 aromatic heterocycles. The van der Waals surface area contributed by atoms with E-state index in [1.54, 1.807) is 7.11 Å². The molecule has 0 atom stereocenters. The van der Waals surface area contributed by atoms with Crippen LogP contribution < -0.4 is 10.1 Å². The number of likely N-dealkylation sites (N-methyl/N-ethyl adjacent to an activating group) is 1. The number of methoxy groups -OCH3 is 1. The van der Waals surface area contributed by atoms with Crippen molar-refractivity contribution in [3.05, 3.63) is 28.8 Å². The first-order chi connectivity index (χ1) is 7.22. The summed E-state index contributed by atoms with van der Waals surface area (Å²) in [6, 6.07) is 5.73. The van der Waals surface area contributed by atoms with Crippen molar-refractivity contribution < 1.29 is 9.47 Å². The van der Waals surface area contributed by atoms with Crippen LogP contribution in [-0.2, 0) is 10.3 Å². The normalized spacial score (nSPS) is 18.3. The second-order valence-electron chi connectivity index (χ2n) is 3.67. The molecule has 0 bridgehead atoms. The van der Waals surface area contributed by atoms with Gasteiger partial charge in [-0.2, -0.15) is 0 Å². The fraction of sp³-hybridized carbons (Fsp3) is 0.455. The third-order valence-corrected chi connectivity index (χ3v) is 3.18. The topological polar surface area (TPSA) is 30.5 Å². The summed E-state index contributed by atoms with van der Waals surface area (Å²) in [6.07, 6.45) is 0. The molecule has 1 saturated heterocycles. The summed E-state index contributed by atoms with van der Waals surface area (Å²) in [6.45, 7) is 1.32. The van der Waals surface area contributed by atoms with Crippen LogP contribution in [0.5, 0.6) is 5.75 Å². The predicted octanol–water partition coefficient (Wildman–Crippen LogP) is 1.79. The minimum Gasteiger partial charge on any atom is -0.497 e. The van der Waals surface area contributed by atoms with Gasteiger partial charge in [-0.25, -0.2) is 0 Å². The van der Waals surface area contributed by atoms with Crippen molar-refractivity contribution in [2.45, 2.75) is 5.54 Å². The van der Waals surface area contributed by atoms with Crippen LogP contribution in [0.2, 0.25) is 5.02 Å². The number of rotatable bonds is 3. The molecule has 0 saturated carbocycles. The zero-order valence-electron chi connectivity index (χ0n) is 8.84. The van der Waals surface area contributed by atoms with Gasteiger partial charge >= 0.3 is 0 Å². The quantitative estimate of drug-likeness (QED) is 0.854. The first-order valence-corrected chi connectivity index (χ1v) is 5.20. The van der Waals surface area contributed by atoms with E-state index in [-0.39, 0.29) is 5.54 Å². The lowest BCUT2D eigenvalue weighted by atomic mass is 9.88. The summed E-state index contributed by atoms with van der Waals surface area (Å²) in [5, 5.41) is 3.97. The molecule has 1 aliphatic rings. The monoisotopic (exact) mass is 227 g/mol. The maximum Gasteiger partial charge on any atom is 0.120 e. The highest BCUT2D eigenvalue weighted by atomic mass is 35.5. The minimum atomic E-state index is -0.122. The first-order valence-electron chi connectivity index (χ1n) is 4.82. The van der Waals surface area contributed by atoms with Crippen molar-refractivity contribution >= 4 is 11.6 Å². The highest BCUT2D eigenvalue weighted by Gasteiger charge is 2.40. The molecule has 15 heavy (non-hydrogen) atoms. The highest BCUT2D eigenvalue weighted by Crippen LogP contribution is 2.35. The summed E-state index contributed by atoms with van der Waals surface area (Å²) in [5.41, 5.74) is 0.947. The predicted molar refractivity (Wildman–Crippen MR) is 59.6 cm³/mol. The molecule has 1 aromatic carbocycles. The van der Waals surface area contributed by atoms with Crippen LogP contribution in [0.1, 0.15) is 5.56 Å². The van der Waals surface area contributed by atoms with Crippen LogP contribution in [0.3, 0.4) is 0 Å². The SMILES string of the molecule is CNC1(c2ccc(OC)cc2Cl)COC1. The summed E-state index contributed by atoms with van der Waals surface area (Å²) in [4.78, 5) is 0. The van der Waals surface area contributed by atoms with E-state index in [1.165, 1.54) is 0 Å². The average molecular weight is 228 g/mol. The largest absolute Gasteiger partial charge is 0.497 e. The van der Waals surface area contributed by atoms with Gasteiger partial charge in [-0.15, -0.1) is 0 Å². The Bertz CT molecular complexity index is 358. The molecule has 1 N–H and O–H groups in total. The van der Waals surface area contributed by atoms with E-state index in [2.05, 4.69) is 5.32 Å². The number of nitrogens with one attached hydrogen (secondary N) is 1. The zero-order chi connectivity index (χ0) is 10.9. The van der Waals surface area contributed by atoms with Gasteiger partial charge in [0.2, 0.25) is 0 Å². The number of benzene rings is 1. The van der Waals surface area contributed by atoms with Gasteiger partial charge in [0.25, 0.3) is 0 Å². The van der Waals surface area contributed by atoms with E-state index in [1.807, 2.05) is 25.2 Å². The van der Waals surface area contributed by atoms with Gasteiger partial charge in [-0.3, -0.25) is 0 Å². The third kappa shape index (κ3) is 1.71. The van der Waals surface area contributed by atoms with Gasteiger partial charge < -0.3 is 14.8 Å². The molecule has 82 valence electrons. The lowest BCUT2D eigenvalue weighted by Gasteiger charge is -2.42. The van der Waals surface area contributed by atoms with E-state index in [9.17, 15) is 0 Å². The number of ether oxygens (including phenoxy) is 2. The Hall–Kier alpha value is -0.770. The summed E-state index contributed by atoms with van der Waals surface area (Å²) >= 11 is 6.21. The Morgan fingerprint density at radius 1 is 1.47 bits per heavy atom. The Labute approximate surface area is 94.3 Å². The van der Waals surface area contributed by atoms with Gasteiger partial charge in [0.1, 0.15) is 5.75 Å². The number of halogens is 1. The summed E-state index contributed by atoms with van der Waals surface area (Å²) in [5.74, 6) is 0.773. The molecular formula is C11H14ClNO2. The van der Waals surface area contributed by atoms with E-state index >= 15 is 0 Å². The van der Waals surface area contributed by atoms with Gasteiger partial charge in [0, 0.05) is 5.02 Å². The molecule has 0 aliphatic carbocycles. The summed E-state index contributed by atoms with van der Waals surface area (Å²) < 4.78 is 10.4. The lowest BCUT2D eigenvalue weighted by Crippen LogP contribution is -2.56. The van der Waals surface area contributed by atoms with Gasteiger partial charge in [0.05, 0.1) is 25.9 Å². The van der Waals surface area contributed by atoms with E-state index in [0.717, 1.165) is 11.3 Å². The van der Waals surface area contributed by atoms with Gasteiger partial charge in [-0.05, 0) is 24.7 Å². The Morgan fingerprint density at radius 3 is 2.60 bits per heavy atom. The summed E-state index contributed by atoms with van der Waals surface area (Å²) in [7, 11) is 3.55. The van der Waals surface area contributed by atoms with Crippen molar-refractivity contribution in [1.29, 1.82) is 0 Å². The van der Waals surface area contributed by atoms with E-state index in [0.29, 0.717) is 18.2 Å². The van der Waals surface area contributed by atoms with Crippen LogP contribution in [0.15, 0.2) is 18.2 Å². The molecule has 2 rings (SSSR count). The van der Waals surface area contributed by atoms with Crippen molar-refractivity contribution in [3.8, 4) is 5.75 Å². The maximum atomic E-state index is 6.21. The molecule has 0 amide bonds. The lowest BCUT2D eigenvalue weighted by molar-refractivity contribution is -0.0747. The standard InChI is InChI=1S/C11H14ClNO2/c1-13-11(6-15-7-11)9-4-3-8(14-2)5-10(9)12/h3-5,13H,6-7H2,1-2H3. The van der Waals surface area contributed by atoms with Crippen LogP contribution in [-0.4, -0.2) is 27.4 Å². The smallest absolute Gasteiger partial charge is 0.120 e. The van der Waals surface area contributed by atoms with Crippen LogP contribution in [0.25, 0.3) is 0 Å². The zero-order valence-corrected chi connectivity index (χ0v) is 9.60. The highest BCUT2D eigenvalue weighted by molar-refractivity contribution is 6.31. The molecule has 0 radical (unpaired) electrons. The second kappa shape index (κ2) is 4.00. The first kappa shape index (κ1) is 10.7. The molecule has 0 unspecified atom stereocenters. The molecule has 1 fully saturated rings. The third-order valence-electron chi connectivity index (χ3n) is 2.87. The van der Waals surface area contributed by atoms with Crippen molar-refractivity contribution in [1.82, 2.24) is 5.32 Å². The number of hydrogen-bond donors (Lipinski definition) is 1. The Morgan fingerprint density at radius 2 is 2.20 bits per heavy atom. The fourth-order valence-corrected chi connectivity index (χ4v) is 2.10. The maximum absolute atomic E-state index is 6.21.